The first-order valence-corrected chi connectivity index (χ1v) is 6.01. The molecule has 6 heteroatoms. The highest BCUT2D eigenvalue weighted by Gasteiger charge is 2.06. The summed E-state index contributed by atoms with van der Waals surface area (Å²) in [6, 6.07) is 14.5. The molecule has 98 valence electrons. The highest BCUT2D eigenvalue weighted by molar-refractivity contribution is 5.62. The molecule has 0 aliphatic carbocycles. The second kappa shape index (κ2) is 4.93. The van der Waals surface area contributed by atoms with Gasteiger partial charge in [0, 0.05) is 22.5 Å². The molecular formula is C14H12N6. The summed E-state index contributed by atoms with van der Waals surface area (Å²) in [4.78, 5) is 0. The van der Waals surface area contributed by atoms with Crippen LogP contribution in [0, 0.1) is 0 Å². The van der Waals surface area contributed by atoms with E-state index in [2.05, 4.69) is 20.4 Å². The Balaban J connectivity index is 1.96. The maximum atomic E-state index is 5.72. The molecule has 2 aromatic carbocycles. The number of hydrogen-bond donors (Lipinski definition) is 2. The van der Waals surface area contributed by atoms with Gasteiger partial charge in [-0.2, -0.15) is 0 Å². The third-order valence-corrected chi connectivity index (χ3v) is 2.77. The highest BCUT2D eigenvalue weighted by atomic mass is 15.3. The first-order valence-electron chi connectivity index (χ1n) is 6.01. The van der Waals surface area contributed by atoms with Crippen LogP contribution in [-0.4, -0.2) is 20.4 Å². The molecule has 0 atom stereocenters. The van der Waals surface area contributed by atoms with E-state index < -0.39 is 0 Å². The predicted octanol–water partition coefficient (Wildman–Crippen LogP) is 1.76. The number of rotatable bonds is 2. The second-order valence-corrected chi connectivity index (χ2v) is 4.30. The average Bonchev–Trinajstić information content (AvgIpc) is 2.47. The number of nitrogens with zero attached hydrogens (tertiary/aromatic N) is 4. The Morgan fingerprint density at radius 1 is 0.600 bits per heavy atom. The molecule has 3 rings (SSSR count). The Hall–Kier alpha value is -3.02. The topological polar surface area (TPSA) is 104 Å². The Kier molecular flexibility index (Phi) is 2.96. The van der Waals surface area contributed by atoms with Crippen molar-refractivity contribution in [2.45, 2.75) is 0 Å². The van der Waals surface area contributed by atoms with E-state index in [4.69, 9.17) is 11.5 Å². The van der Waals surface area contributed by atoms with Gasteiger partial charge >= 0.3 is 0 Å². The molecule has 0 amide bonds. The molecule has 0 saturated carbocycles. The highest BCUT2D eigenvalue weighted by Crippen LogP contribution is 2.19. The van der Waals surface area contributed by atoms with Gasteiger partial charge in [0.1, 0.15) is 0 Å². The van der Waals surface area contributed by atoms with Gasteiger partial charge in [-0.15, -0.1) is 20.4 Å². The zero-order valence-corrected chi connectivity index (χ0v) is 10.6. The number of anilines is 2. The van der Waals surface area contributed by atoms with Crippen LogP contribution in [0.4, 0.5) is 11.4 Å². The van der Waals surface area contributed by atoms with Gasteiger partial charge in [-0.05, 0) is 24.3 Å². The lowest BCUT2D eigenvalue weighted by Crippen LogP contribution is -2.00. The molecule has 0 radical (unpaired) electrons. The SMILES string of the molecule is Nc1cccc(-c2nnc(-c3cccc(N)c3)nn2)c1. The number of aromatic nitrogens is 4. The summed E-state index contributed by atoms with van der Waals surface area (Å²) < 4.78 is 0. The Bertz CT molecular complexity index is 674. The van der Waals surface area contributed by atoms with Crippen molar-refractivity contribution in [1.29, 1.82) is 0 Å². The third kappa shape index (κ3) is 2.39. The van der Waals surface area contributed by atoms with E-state index in [1.165, 1.54) is 0 Å². The van der Waals surface area contributed by atoms with Crippen LogP contribution in [0.25, 0.3) is 22.8 Å². The predicted molar refractivity (Wildman–Crippen MR) is 77.3 cm³/mol. The van der Waals surface area contributed by atoms with Crippen LogP contribution >= 0.6 is 0 Å². The van der Waals surface area contributed by atoms with Gasteiger partial charge in [-0.1, -0.05) is 24.3 Å². The molecule has 6 nitrogen and oxygen atoms in total. The van der Waals surface area contributed by atoms with E-state index in [9.17, 15) is 0 Å². The number of nitrogen functional groups attached to an aromatic ring is 2. The Morgan fingerprint density at radius 3 is 1.35 bits per heavy atom. The lowest BCUT2D eigenvalue weighted by atomic mass is 10.2. The first-order chi connectivity index (χ1) is 9.72. The quantitative estimate of drug-likeness (QED) is 0.683. The number of hydrogen-bond acceptors (Lipinski definition) is 6. The van der Waals surface area contributed by atoms with Crippen LogP contribution in [0.3, 0.4) is 0 Å². The van der Waals surface area contributed by atoms with Crippen molar-refractivity contribution in [1.82, 2.24) is 20.4 Å². The largest absolute Gasteiger partial charge is 0.399 e. The van der Waals surface area contributed by atoms with Crippen LogP contribution in [0.1, 0.15) is 0 Å². The standard InChI is InChI=1S/C14H12N6/c15-11-5-1-3-9(7-11)13-17-19-14(20-18-13)10-4-2-6-12(16)8-10/h1-8H,15-16H2. The summed E-state index contributed by atoms with van der Waals surface area (Å²) in [7, 11) is 0. The smallest absolute Gasteiger partial charge is 0.203 e. The fourth-order valence-electron chi connectivity index (χ4n) is 1.82. The van der Waals surface area contributed by atoms with Crippen LogP contribution in [0.2, 0.25) is 0 Å². The first kappa shape index (κ1) is 12.0. The Morgan fingerprint density at radius 2 is 1.00 bits per heavy atom. The van der Waals surface area contributed by atoms with E-state index in [-0.39, 0.29) is 0 Å². The van der Waals surface area contributed by atoms with Crippen molar-refractivity contribution in [2.24, 2.45) is 0 Å². The van der Waals surface area contributed by atoms with E-state index in [1.807, 2.05) is 24.3 Å². The number of benzene rings is 2. The third-order valence-electron chi connectivity index (χ3n) is 2.77. The fraction of sp³-hybridized carbons (Fsp3) is 0. The number of nitrogens with two attached hydrogens (primary N) is 2. The zero-order chi connectivity index (χ0) is 13.9. The normalized spacial score (nSPS) is 10.4. The second-order valence-electron chi connectivity index (χ2n) is 4.30. The molecule has 0 unspecified atom stereocenters. The van der Waals surface area contributed by atoms with E-state index in [0.29, 0.717) is 23.0 Å². The Labute approximate surface area is 115 Å². The molecular weight excluding hydrogens is 252 g/mol. The minimum Gasteiger partial charge on any atom is -0.399 e. The van der Waals surface area contributed by atoms with E-state index in [1.54, 1.807) is 24.3 Å². The summed E-state index contributed by atoms with van der Waals surface area (Å²) in [6.07, 6.45) is 0. The summed E-state index contributed by atoms with van der Waals surface area (Å²) in [5.74, 6) is 0.870. The van der Waals surface area contributed by atoms with Gasteiger partial charge in [-0.3, -0.25) is 0 Å². The lowest BCUT2D eigenvalue weighted by molar-refractivity contribution is 0.876. The van der Waals surface area contributed by atoms with Gasteiger partial charge in [0.2, 0.25) is 11.6 Å². The molecule has 0 spiro atoms. The molecule has 4 N–H and O–H groups in total. The summed E-state index contributed by atoms with van der Waals surface area (Å²) in [6.45, 7) is 0. The molecule has 0 aliphatic rings. The van der Waals surface area contributed by atoms with Crippen molar-refractivity contribution < 1.29 is 0 Å². The van der Waals surface area contributed by atoms with Gasteiger partial charge < -0.3 is 11.5 Å². The minimum absolute atomic E-state index is 0.435. The zero-order valence-electron chi connectivity index (χ0n) is 10.6. The monoisotopic (exact) mass is 264 g/mol. The van der Waals surface area contributed by atoms with Crippen molar-refractivity contribution in [3.63, 3.8) is 0 Å². The van der Waals surface area contributed by atoms with Crippen molar-refractivity contribution in [2.75, 3.05) is 11.5 Å². The summed E-state index contributed by atoms with van der Waals surface area (Å²) >= 11 is 0. The molecule has 0 saturated heterocycles. The minimum atomic E-state index is 0.435. The fourth-order valence-corrected chi connectivity index (χ4v) is 1.82. The van der Waals surface area contributed by atoms with Gasteiger partial charge in [0.25, 0.3) is 0 Å². The molecule has 0 aliphatic heterocycles. The van der Waals surface area contributed by atoms with Gasteiger partial charge in [0.05, 0.1) is 0 Å². The molecule has 3 aromatic rings. The molecule has 0 fully saturated rings. The van der Waals surface area contributed by atoms with Crippen molar-refractivity contribution in [3.8, 4) is 22.8 Å². The van der Waals surface area contributed by atoms with Crippen molar-refractivity contribution in [3.05, 3.63) is 48.5 Å². The maximum absolute atomic E-state index is 5.72. The average molecular weight is 264 g/mol. The van der Waals surface area contributed by atoms with Crippen LogP contribution < -0.4 is 11.5 Å². The molecule has 1 aromatic heterocycles. The van der Waals surface area contributed by atoms with E-state index >= 15 is 0 Å². The lowest BCUT2D eigenvalue weighted by Gasteiger charge is -2.02. The summed E-state index contributed by atoms with van der Waals surface area (Å²) in [5, 5.41) is 16.3. The molecule has 0 bridgehead atoms. The molecule has 20 heavy (non-hydrogen) atoms. The van der Waals surface area contributed by atoms with Gasteiger partial charge in [0.15, 0.2) is 0 Å². The van der Waals surface area contributed by atoms with Crippen LogP contribution in [-0.2, 0) is 0 Å². The summed E-state index contributed by atoms with van der Waals surface area (Å²) in [5.41, 5.74) is 14.3. The molecule has 1 heterocycles. The maximum Gasteiger partial charge on any atom is 0.203 e. The van der Waals surface area contributed by atoms with E-state index in [0.717, 1.165) is 11.1 Å². The van der Waals surface area contributed by atoms with Crippen LogP contribution in [0.15, 0.2) is 48.5 Å². The van der Waals surface area contributed by atoms with Crippen LogP contribution in [0.5, 0.6) is 0 Å². The van der Waals surface area contributed by atoms with Crippen molar-refractivity contribution >= 4 is 11.4 Å². The van der Waals surface area contributed by atoms with Gasteiger partial charge in [-0.25, -0.2) is 0 Å².